The average Bonchev–Trinajstić information content (AvgIpc) is 2.92. The number of halogens is 5. The van der Waals surface area contributed by atoms with Gasteiger partial charge in [-0.1, -0.05) is 0 Å². The Kier molecular flexibility index (Phi) is 3.62. The third-order valence-corrected chi connectivity index (χ3v) is 2.42. The SMILES string of the molecule is O=C(Nc1ccc(-n2nccn2)cc1)C(F)(F)C(F)(F)F. The van der Waals surface area contributed by atoms with Crippen molar-refractivity contribution in [1.29, 1.82) is 0 Å². The van der Waals surface area contributed by atoms with Crippen LogP contribution in [-0.4, -0.2) is 33.0 Å². The zero-order chi connectivity index (χ0) is 15.7. The van der Waals surface area contributed by atoms with Gasteiger partial charge >= 0.3 is 18.0 Å². The van der Waals surface area contributed by atoms with Crippen LogP contribution in [0.4, 0.5) is 27.6 Å². The molecular weight excluding hydrogens is 299 g/mol. The number of anilines is 1. The molecule has 1 aromatic carbocycles. The van der Waals surface area contributed by atoms with Crippen molar-refractivity contribution in [2.75, 3.05) is 5.32 Å². The summed E-state index contributed by atoms with van der Waals surface area (Å²) in [6.45, 7) is 0. The number of carbonyl (C=O) groups is 1. The third-order valence-electron chi connectivity index (χ3n) is 2.42. The Morgan fingerprint density at radius 3 is 2.00 bits per heavy atom. The molecule has 0 saturated heterocycles. The average molecular weight is 306 g/mol. The number of nitrogens with zero attached hydrogens (tertiary/aromatic N) is 3. The lowest BCUT2D eigenvalue weighted by Gasteiger charge is -2.18. The Morgan fingerprint density at radius 2 is 1.52 bits per heavy atom. The molecule has 0 radical (unpaired) electrons. The molecule has 0 spiro atoms. The molecule has 0 aliphatic carbocycles. The maximum atomic E-state index is 12.8. The number of alkyl halides is 5. The van der Waals surface area contributed by atoms with Gasteiger partial charge in [-0.05, 0) is 24.3 Å². The topological polar surface area (TPSA) is 59.8 Å². The second-order valence-electron chi connectivity index (χ2n) is 3.89. The van der Waals surface area contributed by atoms with Crippen LogP contribution in [-0.2, 0) is 4.79 Å². The Bertz CT molecular complexity index is 621. The molecule has 1 amide bonds. The number of carbonyl (C=O) groups excluding carboxylic acids is 1. The highest BCUT2D eigenvalue weighted by atomic mass is 19.4. The van der Waals surface area contributed by atoms with Crippen molar-refractivity contribution in [3.05, 3.63) is 36.7 Å². The molecule has 1 N–H and O–H groups in total. The number of amides is 1. The molecule has 10 heteroatoms. The Hall–Kier alpha value is -2.52. The zero-order valence-corrected chi connectivity index (χ0v) is 10.1. The summed E-state index contributed by atoms with van der Waals surface area (Å²) < 4.78 is 61.5. The van der Waals surface area contributed by atoms with E-state index in [0.717, 1.165) is 12.1 Å². The Balaban J connectivity index is 2.12. The van der Waals surface area contributed by atoms with Gasteiger partial charge in [0.25, 0.3) is 0 Å². The smallest absolute Gasteiger partial charge is 0.321 e. The maximum absolute atomic E-state index is 12.8. The first-order chi connectivity index (χ1) is 9.72. The first-order valence-corrected chi connectivity index (χ1v) is 5.44. The van der Waals surface area contributed by atoms with Gasteiger partial charge in [0.1, 0.15) is 0 Å². The number of rotatable bonds is 3. The molecule has 0 unspecified atom stereocenters. The van der Waals surface area contributed by atoms with Gasteiger partial charge in [0.15, 0.2) is 0 Å². The fraction of sp³-hybridized carbons (Fsp3) is 0.182. The van der Waals surface area contributed by atoms with E-state index in [1.165, 1.54) is 34.6 Å². The first-order valence-electron chi connectivity index (χ1n) is 5.44. The van der Waals surface area contributed by atoms with E-state index in [1.807, 2.05) is 0 Å². The van der Waals surface area contributed by atoms with Crippen LogP contribution in [0.15, 0.2) is 36.7 Å². The second-order valence-corrected chi connectivity index (χ2v) is 3.89. The highest BCUT2D eigenvalue weighted by molar-refractivity contribution is 5.96. The molecule has 1 heterocycles. The molecule has 2 rings (SSSR count). The summed E-state index contributed by atoms with van der Waals surface area (Å²) in [5.41, 5.74) is 0.236. The lowest BCUT2D eigenvalue weighted by molar-refractivity contribution is -0.267. The van der Waals surface area contributed by atoms with Crippen molar-refractivity contribution in [2.24, 2.45) is 0 Å². The summed E-state index contributed by atoms with van der Waals surface area (Å²) in [6.07, 6.45) is -3.14. The largest absolute Gasteiger partial charge is 0.463 e. The minimum Gasteiger partial charge on any atom is -0.321 e. The molecule has 1 aromatic heterocycles. The zero-order valence-electron chi connectivity index (χ0n) is 10.1. The standard InChI is InChI=1S/C11H7F5N4O/c12-10(13,11(14,15)16)9(21)19-7-1-3-8(4-2-7)20-17-5-6-18-20/h1-6H,(H,19,21). The molecule has 0 aliphatic heterocycles. The minimum atomic E-state index is -5.95. The Labute approximate surface area is 114 Å². The molecule has 0 bridgehead atoms. The molecule has 5 nitrogen and oxygen atoms in total. The van der Waals surface area contributed by atoms with Crippen LogP contribution in [0.2, 0.25) is 0 Å². The van der Waals surface area contributed by atoms with Gasteiger partial charge in [0.2, 0.25) is 0 Å². The van der Waals surface area contributed by atoms with Crippen molar-refractivity contribution < 1.29 is 26.7 Å². The van der Waals surface area contributed by atoms with E-state index in [1.54, 1.807) is 0 Å². The number of hydrogen-bond donors (Lipinski definition) is 1. The normalized spacial score (nSPS) is 12.2. The van der Waals surface area contributed by atoms with Crippen LogP contribution in [0, 0.1) is 0 Å². The Morgan fingerprint density at radius 1 is 1.00 bits per heavy atom. The molecule has 0 fully saturated rings. The van der Waals surface area contributed by atoms with Crippen molar-refractivity contribution in [2.45, 2.75) is 12.1 Å². The number of benzene rings is 1. The molecule has 0 atom stereocenters. The lowest BCUT2D eigenvalue weighted by Crippen LogP contribution is -2.47. The van der Waals surface area contributed by atoms with Crippen molar-refractivity contribution >= 4 is 11.6 Å². The lowest BCUT2D eigenvalue weighted by atomic mass is 10.2. The van der Waals surface area contributed by atoms with Crippen LogP contribution in [0.5, 0.6) is 0 Å². The number of nitrogens with one attached hydrogen (secondary N) is 1. The van der Waals surface area contributed by atoms with Crippen LogP contribution in [0.25, 0.3) is 5.69 Å². The monoisotopic (exact) mass is 306 g/mol. The van der Waals surface area contributed by atoms with E-state index in [2.05, 4.69) is 10.2 Å². The highest BCUT2D eigenvalue weighted by Crippen LogP contribution is 2.36. The summed E-state index contributed by atoms with van der Waals surface area (Å²) in [6, 6.07) is 5.01. The van der Waals surface area contributed by atoms with Gasteiger partial charge in [0, 0.05) is 5.69 Å². The van der Waals surface area contributed by atoms with Crippen LogP contribution in [0.3, 0.4) is 0 Å². The minimum absolute atomic E-state index is 0.208. The van der Waals surface area contributed by atoms with Gasteiger partial charge in [-0.3, -0.25) is 4.79 Å². The van der Waals surface area contributed by atoms with Gasteiger partial charge < -0.3 is 5.32 Å². The van der Waals surface area contributed by atoms with Gasteiger partial charge in [0.05, 0.1) is 18.1 Å². The van der Waals surface area contributed by atoms with Crippen molar-refractivity contribution in [1.82, 2.24) is 15.0 Å². The summed E-state index contributed by atoms with van der Waals surface area (Å²) >= 11 is 0. The molecule has 21 heavy (non-hydrogen) atoms. The third kappa shape index (κ3) is 2.98. The van der Waals surface area contributed by atoms with E-state index in [-0.39, 0.29) is 5.69 Å². The van der Waals surface area contributed by atoms with E-state index in [9.17, 15) is 26.7 Å². The molecule has 0 aliphatic rings. The number of hydrogen-bond acceptors (Lipinski definition) is 3. The van der Waals surface area contributed by atoms with Gasteiger partial charge in [-0.15, -0.1) is 0 Å². The van der Waals surface area contributed by atoms with Crippen molar-refractivity contribution in [3.8, 4) is 5.69 Å². The summed E-state index contributed by atoms with van der Waals surface area (Å²) in [4.78, 5) is 12.2. The molecule has 0 saturated carbocycles. The van der Waals surface area contributed by atoms with E-state index in [4.69, 9.17) is 0 Å². The van der Waals surface area contributed by atoms with Crippen LogP contribution < -0.4 is 5.32 Å². The molecular formula is C11H7F5N4O. The predicted molar refractivity (Wildman–Crippen MR) is 61.0 cm³/mol. The second kappa shape index (κ2) is 5.11. The summed E-state index contributed by atoms with van der Waals surface area (Å²) in [5, 5.41) is 9.10. The molecule has 2 aromatic rings. The quantitative estimate of drug-likeness (QED) is 0.886. The number of aromatic nitrogens is 3. The summed E-state index contributed by atoms with van der Waals surface area (Å²) in [7, 11) is 0. The van der Waals surface area contributed by atoms with E-state index < -0.39 is 18.0 Å². The van der Waals surface area contributed by atoms with Crippen molar-refractivity contribution in [3.63, 3.8) is 0 Å². The fourth-order valence-corrected chi connectivity index (χ4v) is 1.37. The van der Waals surface area contributed by atoms with E-state index in [0.29, 0.717) is 5.69 Å². The maximum Gasteiger partial charge on any atom is 0.463 e. The first kappa shape index (κ1) is 14.9. The van der Waals surface area contributed by atoms with Crippen LogP contribution >= 0.6 is 0 Å². The highest BCUT2D eigenvalue weighted by Gasteiger charge is 2.63. The molecule has 112 valence electrons. The van der Waals surface area contributed by atoms with Gasteiger partial charge in [-0.2, -0.15) is 36.9 Å². The van der Waals surface area contributed by atoms with Gasteiger partial charge in [-0.25, -0.2) is 0 Å². The summed E-state index contributed by atoms with van der Waals surface area (Å²) in [5.74, 6) is -7.91. The van der Waals surface area contributed by atoms with Crippen LogP contribution in [0.1, 0.15) is 0 Å². The fourth-order valence-electron chi connectivity index (χ4n) is 1.37. The van der Waals surface area contributed by atoms with E-state index >= 15 is 0 Å². The predicted octanol–water partition coefficient (Wildman–Crippen LogP) is 2.40.